The van der Waals surface area contributed by atoms with Gasteiger partial charge in [-0.1, -0.05) is 23.5 Å². The van der Waals surface area contributed by atoms with Crippen LogP contribution >= 0.6 is 11.3 Å². The van der Waals surface area contributed by atoms with Crippen molar-refractivity contribution in [1.29, 1.82) is 0 Å². The normalized spacial score (nSPS) is 15.7. The quantitative estimate of drug-likeness (QED) is 0.710. The Bertz CT molecular complexity index is 897. The van der Waals surface area contributed by atoms with E-state index in [1.807, 2.05) is 6.07 Å². The minimum Gasteiger partial charge on any atom is -0.382 e. The maximum absolute atomic E-state index is 11.5. The predicted molar refractivity (Wildman–Crippen MR) is 105 cm³/mol. The standard InChI is InChI=1S/C20H22N3OS/c1-13-4-3-5-17(14(13)2)21-15-8-10-23(11-9-15)20-22-18-12-16(24)6-7-19(18)25-20/h3-7,12,15,21H,8-11H2,1-2H3. The zero-order valence-corrected chi connectivity index (χ0v) is 15.4. The second-order valence-corrected chi connectivity index (χ2v) is 7.79. The van der Waals surface area contributed by atoms with E-state index in [-0.39, 0.29) is 5.75 Å². The molecule has 1 aliphatic heterocycles. The first-order valence-corrected chi connectivity index (χ1v) is 9.57. The van der Waals surface area contributed by atoms with Crippen LogP contribution in [-0.2, 0) is 5.11 Å². The lowest BCUT2D eigenvalue weighted by Gasteiger charge is -2.33. The number of aromatic nitrogens is 1. The van der Waals surface area contributed by atoms with E-state index in [1.165, 1.54) is 16.8 Å². The van der Waals surface area contributed by atoms with Crippen molar-refractivity contribution in [2.75, 3.05) is 23.3 Å². The van der Waals surface area contributed by atoms with Gasteiger partial charge in [-0.2, -0.15) is 0 Å². The van der Waals surface area contributed by atoms with Crippen LogP contribution in [0.25, 0.3) is 10.2 Å². The zero-order valence-electron chi connectivity index (χ0n) is 14.6. The van der Waals surface area contributed by atoms with Crippen LogP contribution in [0.2, 0.25) is 0 Å². The Hall–Kier alpha value is -2.27. The number of nitrogens with zero attached hydrogens (tertiary/aromatic N) is 2. The molecule has 1 radical (unpaired) electrons. The lowest BCUT2D eigenvalue weighted by molar-refractivity contribution is 0.355. The van der Waals surface area contributed by atoms with Gasteiger partial charge in [0, 0.05) is 30.9 Å². The summed E-state index contributed by atoms with van der Waals surface area (Å²) in [5.74, 6) is 0.0285. The lowest BCUT2D eigenvalue weighted by atomic mass is 10.0. The van der Waals surface area contributed by atoms with Crippen molar-refractivity contribution in [1.82, 2.24) is 4.98 Å². The van der Waals surface area contributed by atoms with Gasteiger partial charge in [-0.05, 0) is 56.0 Å². The number of rotatable bonds is 3. The summed E-state index contributed by atoms with van der Waals surface area (Å²) < 4.78 is 1.09. The molecule has 1 N–H and O–H groups in total. The molecule has 3 aromatic rings. The largest absolute Gasteiger partial charge is 0.382 e. The van der Waals surface area contributed by atoms with Crippen LogP contribution in [0.15, 0.2) is 36.4 Å². The van der Waals surface area contributed by atoms with E-state index in [9.17, 15) is 5.11 Å². The Balaban J connectivity index is 1.43. The Morgan fingerprint density at radius 3 is 2.76 bits per heavy atom. The third-order valence-electron chi connectivity index (χ3n) is 5.08. The van der Waals surface area contributed by atoms with Gasteiger partial charge in [0.05, 0.1) is 10.2 Å². The third-order valence-corrected chi connectivity index (χ3v) is 6.17. The zero-order chi connectivity index (χ0) is 17.4. The molecule has 25 heavy (non-hydrogen) atoms. The summed E-state index contributed by atoms with van der Waals surface area (Å²) in [5, 5.41) is 16.2. The van der Waals surface area contributed by atoms with Crippen molar-refractivity contribution in [2.45, 2.75) is 32.7 Å². The average Bonchev–Trinajstić information content (AvgIpc) is 3.03. The van der Waals surface area contributed by atoms with E-state index in [2.05, 4.69) is 47.2 Å². The van der Waals surface area contributed by atoms with Crippen molar-refractivity contribution >= 4 is 32.4 Å². The molecule has 1 aromatic heterocycles. The first-order valence-electron chi connectivity index (χ1n) is 8.75. The minimum atomic E-state index is 0.0285. The molecule has 2 aromatic carbocycles. The Morgan fingerprint density at radius 2 is 1.96 bits per heavy atom. The molecule has 0 atom stereocenters. The number of nitrogens with one attached hydrogen (secondary N) is 1. The van der Waals surface area contributed by atoms with Crippen LogP contribution in [0.4, 0.5) is 10.8 Å². The molecule has 1 saturated heterocycles. The molecule has 2 heterocycles. The van der Waals surface area contributed by atoms with Gasteiger partial charge in [-0.15, -0.1) is 0 Å². The predicted octanol–water partition coefficient (Wildman–Crippen LogP) is 5.14. The highest BCUT2D eigenvalue weighted by Crippen LogP contribution is 2.32. The highest BCUT2D eigenvalue weighted by Gasteiger charge is 2.22. The minimum absolute atomic E-state index is 0.0285. The molecule has 4 rings (SSSR count). The molecule has 5 heteroatoms. The molecule has 0 amide bonds. The van der Waals surface area contributed by atoms with Gasteiger partial charge >= 0.3 is 0 Å². The van der Waals surface area contributed by atoms with Crippen LogP contribution < -0.4 is 10.2 Å². The van der Waals surface area contributed by atoms with Crippen LogP contribution in [-0.4, -0.2) is 24.1 Å². The van der Waals surface area contributed by atoms with Gasteiger partial charge in [0.15, 0.2) is 10.9 Å². The van der Waals surface area contributed by atoms with Crippen molar-refractivity contribution < 1.29 is 5.11 Å². The summed E-state index contributed by atoms with van der Waals surface area (Å²) in [7, 11) is 0. The van der Waals surface area contributed by atoms with E-state index >= 15 is 0 Å². The number of hydrogen-bond donors (Lipinski definition) is 1. The number of piperidine rings is 1. The van der Waals surface area contributed by atoms with E-state index < -0.39 is 0 Å². The molecule has 0 unspecified atom stereocenters. The fraction of sp³-hybridized carbons (Fsp3) is 0.350. The molecule has 0 aliphatic carbocycles. The van der Waals surface area contributed by atoms with Crippen LogP contribution in [0, 0.1) is 13.8 Å². The average molecular weight is 352 g/mol. The van der Waals surface area contributed by atoms with Gasteiger partial charge in [0.1, 0.15) is 0 Å². The van der Waals surface area contributed by atoms with Crippen molar-refractivity contribution in [2.24, 2.45) is 0 Å². The number of anilines is 2. The van der Waals surface area contributed by atoms with Crippen LogP contribution in [0.3, 0.4) is 0 Å². The van der Waals surface area contributed by atoms with E-state index in [0.717, 1.165) is 41.3 Å². The van der Waals surface area contributed by atoms with E-state index in [1.54, 1.807) is 23.5 Å². The molecular formula is C20H22N3OS. The molecule has 0 spiro atoms. The summed E-state index contributed by atoms with van der Waals surface area (Å²) in [5.41, 5.74) is 4.74. The summed E-state index contributed by atoms with van der Waals surface area (Å²) in [4.78, 5) is 7.00. The maximum Gasteiger partial charge on any atom is 0.186 e. The van der Waals surface area contributed by atoms with Crippen molar-refractivity contribution in [3.8, 4) is 5.75 Å². The number of hydrogen-bond acceptors (Lipinski definition) is 4. The fourth-order valence-electron chi connectivity index (χ4n) is 3.37. The maximum atomic E-state index is 11.5. The molecule has 1 aliphatic rings. The molecular weight excluding hydrogens is 330 g/mol. The SMILES string of the molecule is Cc1cccc(NC2CCN(c3nc4cc([O])ccc4s3)CC2)c1C. The first kappa shape index (κ1) is 16.2. The highest BCUT2D eigenvalue weighted by atomic mass is 32.1. The van der Waals surface area contributed by atoms with Gasteiger partial charge in [0.2, 0.25) is 0 Å². The van der Waals surface area contributed by atoms with Crippen molar-refractivity contribution in [3.05, 3.63) is 47.5 Å². The third kappa shape index (κ3) is 3.29. The number of fused-ring (bicyclic) bond motifs is 1. The second kappa shape index (κ2) is 6.56. The molecule has 4 nitrogen and oxygen atoms in total. The van der Waals surface area contributed by atoms with Crippen LogP contribution in [0.5, 0.6) is 5.75 Å². The monoisotopic (exact) mass is 352 g/mol. The smallest absolute Gasteiger partial charge is 0.186 e. The molecule has 0 bridgehead atoms. The van der Waals surface area contributed by atoms with Crippen LogP contribution in [0.1, 0.15) is 24.0 Å². The van der Waals surface area contributed by atoms with Gasteiger partial charge in [-0.25, -0.2) is 4.98 Å². The number of aryl methyl sites for hydroxylation is 1. The lowest BCUT2D eigenvalue weighted by Crippen LogP contribution is -2.39. The number of thiazole rings is 1. The molecule has 129 valence electrons. The Kier molecular flexibility index (Phi) is 4.25. The summed E-state index contributed by atoms with van der Waals surface area (Å²) >= 11 is 1.68. The van der Waals surface area contributed by atoms with E-state index in [4.69, 9.17) is 0 Å². The van der Waals surface area contributed by atoms with E-state index in [0.29, 0.717) is 6.04 Å². The summed E-state index contributed by atoms with van der Waals surface area (Å²) in [6.45, 7) is 6.32. The highest BCUT2D eigenvalue weighted by molar-refractivity contribution is 7.22. The van der Waals surface area contributed by atoms with Gasteiger partial charge < -0.3 is 10.2 Å². The van der Waals surface area contributed by atoms with Crippen molar-refractivity contribution in [3.63, 3.8) is 0 Å². The number of benzene rings is 2. The fourth-order valence-corrected chi connectivity index (χ4v) is 4.37. The van der Waals surface area contributed by atoms with Gasteiger partial charge in [0.25, 0.3) is 0 Å². The molecule has 1 fully saturated rings. The first-order chi connectivity index (χ1) is 12.1. The second-order valence-electron chi connectivity index (χ2n) is 6.78. The summed E-state index contributed by atoms with van der Waals surface area (Å²) in [6, 6.07) is 12.1. The summed E-state index contributed by atoms with van der Waals surface area (Å²) in [6.07, 6.45) is 2.19. The molecule has 0 saturated carbocycles. The Labute approximate surface area is 152 Å². The Morgan fingerprint density at radius 1 is 1.16 bits per heavy atom. The topological polar surface area (TPSA) is 48.1 Å². The van der Waals surface area contributed by atoms with Gasteiger partial charge in [-0.3, -0.25) is 5.11 Å².